The monoisotopic (exact) mass is 327 g/mol. The van der Waals surface area contributed by atoms with Gasteiger partial charge in [-0.2, -0.15) is 0 Å². The number of carbonyl (C=O) groups is 1. The van der Waals surface area contributed by atoms with E-state index in [9.17, 15) is 4.79 Å². The second-order valence-electron chi connectivity index (χ2n) is 5.83. The molecule has 8 heteroatoms. The van der Waals surface area contributed by atoms with E-state index in [0.29, 0.717) is 18.3 Å². The maximum atomic E-state index is 11.9. The van der Waals surface area contributed by atoms with E-state index in [-0.39, 0.29) is 18.4 Å². The Morgan fingerprint density at radius 3 is 2.92 bits per heavy atom. The van der Waals surface area contributed by atoms with E-state index in [1.54, 1.807) is 23.4 Å². The van der Waals surface area contributed by atoms with Crippen molar-refractivity contribution in [2.75, 3.05) is 25.0 Å². The van der Waals surface area contributed by atoms with Crippen molar-refractivity contribution in [3.8, 4) is 0 Å². The van der Waals surface area contributed by atoms with Crippen LogP contribution in [0.2, 0.25) is 0 Å². The fourth-order valence-electron chi connectivity index (χ4n) is 2.86. The Kier molecular flexibility index (Phi) is 4.95. The molecular formula is C16H21N7O. The molecule has 126 valence electrons. The zero-order valence-corrected chi connectivity index (χ0v) is 13.6. The van der Waals surface area contributed by atoms with Crippen molar-refractivity contribution in [1.29, 1.82) is 0 Å². The Morgan fingerprint density at radius 2 is 2.17 bits per heavy atom. The van der Waals surface area contributed by atoms with Crippen LogP contribution >= 0.6 is 0 Å². The molecule has 1 fully saturated rings. The average molecular weight is 327 g/mol. The van der Waals surface area contributed by atoms with E-state index in [1.165, 1.54) is 0 Å². The quantitative estimate of drug-likeness (QED) is 0.861. The topological polar surface area (TPSA) is 110 Å². The van der Waals surface area contributed by atoms with E-state index >= 15 is 0 Å². The Labute approximate surface area is 140 Å². The maximum absolute atomic E-state index is 11.9. The molecule has 1 aliphatic heterocycles. The number of nitrogens with one attached hydrogen (secondary N) is 1. The van der Waals surface area contributed by atoms with Crippen LogP contribution in [0.1, 0.15) is 30.3 Å². The first-order chi connectivity index (χ1) is 11.7. The third-order valence-electron chi connectivity index (χ3n) is 3.99. The van der Waals surface area contributed by atoms with E-state index in [4.69, 9.17) is 5.73 Å². The molecule has 0 aliphatic carbocycles. The van der Waals surface area contributed by atoms with Crippen molar-refractivity contribution < 1.29 is 4.79 Å². The summed E-state index contributed by atoms with van der Waals surface area (Å²) in [4.78, 5) is 31.1. The Hall–Kier alpha value is -2.61. The van der Waals surface area contributed by atoms with Gasteiger partial charge in [0, 0.05) is 43.2 Å². The van der Waals surface area contributed by atoms with Gasteiger partial charge in [-0.3, -0.25) is 4.79 Å². The highest BCUT2D eigenvalue weighted by Crippen LogP contribution is 2.26. The average Bonchev–Trinajstić information content (AvgIpc) is 2.61. The van der Waals surface area contributed by atoms with Crippen molar-refractivity contribution in [3.05, 3.63) is 36.0 Å². The van der Waals surface area contributed by atoms with Gasteiger partial charge in [0.1, 0.15) is 11.6 Å². The van der Waals surface area contributed by atoms with E-state index < -0.39 is 0 Å². The Balaban J connectivity index is 1.79. The molecule has 3 rings (SSSR count). The summed E-state index contributed by atoms with van der Waals surface area (Å²) < 4.78 is 0. The minimum Gasteiger partial charge on any atom is -0.341 e. The Morgan fingerprint density at radius 1 is 1.38 bits per heavy atom. The summed E-state index contributed by atoms with van der Waals surface area (Å²) in [7, 11) is 0. The minimum absolute atomic E-state index is 0.0246. The lowest BCUT2D eigenvalue weighted by Crippen LogP contribution is -2.42. The third-order valence-corrected chi connectivity index (χ3v) is 3.99. The highest BCUT2D eigenvalue weighted by atomic mass is 16.2. The number of hydrogen-bond acceptors (Lipinski definition) is 7. The predicted molar refractivity (Wildman–Crippen MR) is 89.7 cm³/mol. The van der Waals surface area contributed by atoms with Crippen LogP contribution in [0.5, 0.6) is 0 Å². The fraction of sp³-hybridized carbons (Fsp3) is 0.438. The Bertz CT molecular complexity index is 707. The van der Waals surface area contributed by atoms with Gasteiger partial charge in [-0.1, -0.05) is 0 Å². The number of amides is 1. The summed E-state index contributed by atoms with van der Waals surface area (Å²) >= 11 is 0. The van der Waals surface area contributed by atoms with Gasteiger partial charge >= 0.3 is 0 Å². The summed E-state index contributed by atoms with van der Waals surface area (Å²) in [6.07, 6.45) is 5.22. The molecule has 1 unspecified atom stereocenters. The maximum Gasteiger partial charge on any atom is 0.236 e. The number of aryl methyl sites for hydroxylation is 1. The number of piperidine rings is 1. The minimum atomic E-state index is -0.0246. The first-order valence-corrected chi connectivity index (χ1v) is 8.03. The molecule has 1 saturated heterocycles. The zero-order chi connectivity index (χ0) is 16.9. The van der Waals surface area contributed by atoms with Gasteiger partial charge in [-0.05, 0) is 25.8 Å². The van der Waals surface area contributed by atoms with Crippen LogP contribution in [0, 0.1) is 6.92 Å². The third kappa shape index (κ3) is 3.83. The van der Waals surface area contributed by atoms with Crippen LogP contribution < -0.4 is 11.1 Å². The summed E-state index contributed by atoms with van der Waals surface area (Å²) in [6.45, 7) is 3.33. The van der Waals surface area contributed by atoms with Crippen LogP contribution in [0.15, 0.2) is 24.5 Å². The molecule has 2 aromatic rings. The zero-order valence-electron chi connectivity index (χ0n) is 13.6. The molecule has 2 aromatic heterocycles. The van der Waals surface area contributed by atoms with Gasteiger partial charge in [-0.15, -0.1) is 0 Å². The van der Waals surface area contributed by atoms with Gasteiger partial charge < -0.3 is 16.0 Å². The number of nitrogens with zero attached hydrogens (tertiary/aromatic N) is 5. The van der Waals surface area contributed by atoms with E-state index in [1.807, 2.05) is 13.0 Å². The van der Waals surface area contributed by atoms with Crippen molar-refractivity contribution in [3.63, 3.8) is 0 Å². The number of anilines is 2. The molecular weight excluding hydrogens is 306 g/mol. The molecule has 3 N–H and O–H groups in total. The van der Waals surface area contributed by atoms with E-state index in [2.05, 4.69) is 25.3 Å². The molecule has 1 atom stereocenters. The molecule has 0 bridgehead atoms. The molecule has 0 aromatic carbocycles. The molecule has 3 heterocycles. The number of hydrogen-bond donors (Lipinski definition) is 2. The highest BCUT2D eigenvalue weighted by Gasteiger charge is 2.26. The van der Waals surface area contributed by atoms with Crippen LogP contribution in [0.3, 0.4) is 0 Å². The second kappa shape index (κ2) is 7.31. The predicted octanol–water partition coefficient (Wildman–Crippen LogP) is 0.983. The second-order valence-corrected chi connectivity index (χ2v) is 5.83. The van der Waals surface area contributed by atoms with Crippen LogP contribution in [-0.4, -0.2) is 50.4 Å². The molecule has 1 aliphatic rings. The summed E-state index contributed by atoms with van der Waals surface area (Å²) in [6, 6.07) is 3.61. The van der Waals surface area contributed by atoms with Gasteiger partial charge in [-0.25, -0.2) is 19.9 Å². The highest BCUT2D eigenvalue weighted by molar-refractivity contribution is 5.78. The van der Waals surface area contributed by atoms with Crippen molar-refractivity contribution in [1.82, 2.24) is 24.8 Å². The number of likely N-dealkylation sites (tertiary alicyclic amines) is 1. The lowest BCUT2D eigenvalue weighted by atomic mass is 9.97. The summed E-state index contributed by atoms with van der Waals surface area (Å²) in [5, 5.41) is 3.10. The lowest BCUT2D eigenvalue weighted by molar-refractivity contribution is -0.130. The van der Waals surface area contributed by atoms with Crippen LogP contribution in [0.4, 0.5) is 11.8 Å². The molecule has 0 spiro atoms. The molecule has 1 amide bonds. The van der Waals surface area contributed by atoms with Crippen LogP contribution in [-0.2, 0) is 4.79 Å². The first-order valence-electron chi connectivity index (χ1n) is 8.03. The summed E-state index contributed by atoms with van der Waals surface area (Å²) in [5.74, 6) is 1.98. The fourth-order valence-corrected chi connectivity index (χ4v) is 2.86. The SMILES string of the molecule is Cc1cc(Nc2ncccn2)nc(C2CCCN(C(=O)CN)C2)n1. The normalized spacial score (nSPS) is 17.6. The number of rotatable bonds is 4. The van der Waals surface area contributed by atoms with Gasteiger partial charge in [0.2, 0.25) is 11.9 Å². The summed E-state index contributed by atoms with van der Waals surface area (Å²) in [5.41, 5.74) is 6.34. The van der Waals surface area contributed by atoms with Gasteiger partial charge in [0.05, 0.1) is 6.54 Å². The lowest BCUT2D eigenvalue weighted by Gasteiger charge is -2.32. The van der Waals surface area contributed by atoms with E-state index in [0.717, 1.165) is 30.9 Å². The van der Waals surface area contributed by atoms with Crippen LogP contribution in [0.25, 0.3) is 0 Å². The standard InChI is InChI=1S/C16H21N7O/c1-11-8-13(22-16-18-5-3-6-19-16)21-15(20-11)12-4-2-7-23(10-12)14(24)9-17/h3,5-6,8,12H,2,4,7,9-10,17H2,1H3,(H,18,19,20,21,22). The largest absolute Gasteiger partial charge is 0.341 e. The smallest absolute Gasteiger partial charge is 0.236 e. The van der Waals surface area contributed by atoms with Crippen molar-refractivity contribution in [2.24, 2.45) is 5.73 Å². The number of carbonyl (C=O) groups excluding carboxylic acids is 1. The molecule has 8 nitrogen and oxygen atoms in total. The molecule has 24 heavy (non-hydrogen) atoms. The van der Waals surface area contributed by atoms with Crippen molar-refractivity contribution >= 4 is 17.7 Å². The molecule has 0 radical (unpaired) electrons. The van der Waals surface area contributed by atoms with Crippen molar-refractivity contribution in [2.45, 2.75) is 25.7 Å². The number of aromatic nitrogens is 4. The molecule has 0 saturated carbocycles. The van der Waals surface area contributed by atoms with Gasteiger partial charge in [0.25, 0.3) is 0 Å². The van der Waals surface area contributed by atoms with Gasteiger partial charge in [0.15, 0.2) is 0 Å². The first kappa shape index (κ1) is 16.3. The number of nitrogens with two attached hydrogens (primary N) is 1.